The quantitative estimate of drug-likeness (QED) is 0.698. The van der Waals surface area contributed by atoms with Crippen LogP contribution in [0.15, 0.2) is 0 Å². The van der Waals surface area contributed by atoms with Gasteiger partial charge >= 0.3 is 6.03 Å². The van der Waals surface area contributed by atoms with Gasteiger partial charge in [0, 0.05) is 13.7 Å². The Balaban J connectivity index is 2.13. The van der Waals surface area contributed by atoms with Gasteiger partial charge in [-0.15, -0.1) is 0 Å². The van der Waals surface area contributed by atoms with E-state index in [1.807, 2.05) is 0 Å². The van der Waals surface area contributed by atoms with Crippen LogP contribution in [0.2, 0.25) is 0 Å². The molecule has 2 rings (SSSR count). The van der Waals surface area contributed by atoms with E-state index >= 15 is 0 Å². The molecule has 2 atom stereocenters. The first-order valence-corrected chi connectivity index (χ1v) is 6.50. The fourth-order valence-electron chi connectivity index (χ4n) is 2.47. The summed E-state index contributed by atoms with van der Waals surface area (Å²) in [5, 5.41) is 0. The van der Waals surface area contributed by atoms with Crippen LogP contribution in [0.5, 0.6) is 0 Å². The Morgan fingerprint density at radius 1 is 1.32 bits per heavy atom. The summed E-state index contributed by atoms with van der Waals surface area (Å²) in [6.07, 6.45) is 1.91. The Morgan fingerprint density at radius 3 is 2.63 bits per heavy atom. The highest BCUT2D eigenvalue weighted by molar-refractivity contribution is 6.15. The maximum atomic E-state index is 12.2. The summed E-state index contributed by atoms with van der Waals surface area (Å²) >= 11 is 0. The number of nitrogens with zero attached hydrogens (tertiary/aromatic N) is 2. The number of nitrogens with two attached hydrogens (primary N) is 1. The van der Waals surface area contributed by atoms with Crippen molar-refractivity contribution in [3.63, 3.8) is 0 Å². The first kappa shape index (κ1) is 14.0. The lowest BCUT2D eigenvalue weighted by Crippen LogP contribution is -2.59. The molecular weight excluding hydrogens is 250 g/mol. The van der Waals surface area contributed by atoms with Crippen LogP contribution in [0.1, 0.15) is 19.3 Å². The molecular formula is C12H19N3O4. The van der Waals surface area contributed by atoms with E-state index in [0.29, 0.717) is 6.61 Å². The monoisotopic (exact) mass is 269 g/mol. The van der Waals surface area contributed by atoms with Crippen molar-refractivity contribution in [2.45, 2.75) is 25.4 Å². The number of barbiturate groups is 1. The molecule has 0 aromatic rings. The van der Waals surface area contributed by atoms with Crippen LogP contribution in [0.25, 0.3) is 0 Å². The second kappa shape index (κ2) is 5.66. The zero-order chi connectivity index (χ0) is 14.0. The second-order valence-corrected chi connectivity index (χ2v) is 4.89. The Labute approximate surface area is 111 Å². The van der Waals surface area contributed by atoms with Crippen molar-refractivity contribution >= 4 is 17.8 Å². The third-order valence-corrected chi connectivity index (χ3v) is 3.58. The van der Waals surface area contributed by atoms with Gasteiger partial charge in [0.25, 0.3) is 0 Å². The molecule has 0 radical (unpaired) electrons. The standard InChI is InChI=1S/C12H19N3O4/c1-14-10(16)9(4-5-13)11(17)15(12(14)18)7-8-3-2-6-19-8/h8-9H,2-7,13H2,1H3. The molecule has 0 spiro atoms. The summed E-state index contributed by atoms with van der Waals surface area (Å²) in [6, 6.07) is -0.571. The van der Waals surface area contributed by atoms with Crippen LogP contribution in [0.3, 0.4) is 0 Å². The lowest BCUT2D eigenvalue weighted by atomic mass is 9.99. The van der Waals surface area contributed by atoms with Crippen LogP contribution in [-0.4, -0.2) is 60.5 Å². The van der Waals surface area contributed by atoms with Crippen molar-refractivity contribution in [3.05, 3.63) is 0 Å². The van der Waals surface area contributed by atoms with Crippen molar-refractivity contribution in [2.75, 3.05) is 26.7 Å². The minimum Gasteiger partial charge on any atom is -0.376 e. The molecule has 19 heavy (non-hydrogen) atoms. The van der Waals surface area contributed by atoms with E-state index in [2.05, 4.69) is 0 Å². The minimum atomic E-state index is -0.839. The van der Waals surface area contributed by atoms with Crippen molar-refractivity contribution in [1.82, 2.24) is 9.80 Å². The third kappa shape index (κ3) is 2.62. The van der Waals surface area contributed by atoms with Crippen LogP contribution in [0.4, 0.5) is 4.79 Å². The predicted octanol–water partition coefficient (Wildman–Crippen LogP) is -0.449. The normalized spacial score (nSPS) is 28.4. The minimum absolute atomic E-state index is 0.118. The Kier molecular flexibility index (Phi) is 4.16. The summed E-state index contributed by atoms with van der Waals surface area (Å²) in [5.74, 6) is -1.76. The Morgan fingerprint density at radius 2 is 2.05 bits per heavy atom. The van der Waals surface area contributed by atoms with Crippen molar-refractivity contribution in [3.8, 4) is 0 Å². The molecule has 7 heteroatoms. The maximum absolute atomic E-state index is 12.2. The highest BCUT2D eigenvalue weighted by atomic mass is 16.5. The van der Waals surface area contributed by atoms with Gasteiger partial charge < -0.3 is 10.5 Å². The third-order valence-electron chi connectivity index (χ3n) is 3.58. The lowest BCUT2D eigenvalue weighted by Gasteiger charge is -2.35. The number of urea groups is 1. The second-order valence-electron chi connectivity index (χ2n) is 4.89. The highest BCUT2D eigenvalue weighted by Gasteiger charge is 2.44. The molecule has 7 nitrogen and oxygen atoms in total. The number of carbonyl (C=O) groups excluding carboxylic acids is 3. The molecule has 0 saturated carbocycles. The van der Waals surface area contributed by atoms with Gasteiger partial charge in [-0.25, -0.2) is 4.79 Å². The van der Waals surface area contributed by atoms with Gasteiger partial charge in [-0.1, -0.05) is 0 Å². The number of hydrogen-bond donors (Lipinski definition) is 1. The molecule has 2 saturated heterocycles. The van der Waals surface area contributed by atoms with Gasteiger partial charge in [0.15, 0.2) is 0 Å². The van der Waals surface area contributed by atoms with Gasteiger partial charge in [0.1, 0.15) is 5.92 Å². The van der Waals surface area contributed by atoms with E-state index < -0.39 is 23.8 Å². The van der Waals surface area contributed by atoms with Gasteiger partial charge in [0.05, 0.1) is 12.6 Å². The summed E-state index contributed by atoms with van der Waals surface area (Å²) in [6.45, 7) is 1.11. The first-order valence-electron chi connectivity index (χ1n) is 6.50. The number of amides is 4. The van der Waals surface area contributed by atoms with E-state index in [1.165, 1.54) is 7.05 Å². The molecule has 106 valence electrons. The number of imide groups is 2. The highest BCUT2D eigenvalue weighted by Crippen LogP contribution is 2.22. The largest absolute Gasteiger partial charge is 0.376 e. The van der Waals surface area contributed by atoms with E-state index in [1.54, 1.807) is 0 Å². The van der Waals surface area contributed by atoms with Crippen LogP contribution in [0, 0.1) is 5.92 Å². The number of ether oxygens (including phenoxy) is 1. The molecule has 2 N–H and O–H groups in total. The Bertz CT molecular complexity index is 392. The maximum Gasteiger partial charge on any atom is 0.333 e. The van der Waals surface area contributed by atoms with Crippen LogP contribution < -0.4 is 5.73 Å². The zero-order valence-corrected chi connectivity index (χ0v) is 11.0. The number of hydrogen-bond acceptors (Lipinski definition) is 5. The van der Waals surface area contributed by atoms with E-state index in [-0.39, 0.29) is 25.6 Å². The van der Waals surface area contributed by atoms with Gasteiger partial charge in [-0.05, 0) is 25.8 Å². The molecule has 4 amide bonds. The van der Waals surface area contributed by atoms with Crippen molar-refractivity contribution in [1.29, 1.82) is 0 Å². The molecule has 0 aromatic carbocycles. The summed E-state index contributed by atoms with van der Waals surface area (Å²) < 4.78 is 5.44. The molecule has 0 aromatic heterocycles. The average Bonchev–Trinajstić information content (AvgIpc) is 2.90. The zero-order valence-electron chi connectivity index (χ0n) is 11.0. The molecule has 0 aliphatic carbocycles. The van der Waals surface area contributed by atoms with Crippen molar-refractivity contribution in [2.24, 2.45) is 11.7 Å². The van der Waals surface area contributed by atoms with Gasteiger partial charge in [-0.3, -0.25) is 19.4 Å². The van der Waals surface area contributed by atoms with E-state index in [4.69, 9.17) is 10.5 Å². The molecule has 2 aliphatic heterocycles. The molecule has 2 aliphatic rings. The van der Waals surface area contributed by atoms with Gasteiger partial charge in [-0.2, -0.15) is 0 Å². The number of rotatable bonds is 4. The topological polar surface area (TPSA) is 92.9 Å². The average molecular weight is 269 g/mol. The lowest BCUT2D eigenvalue weighted by molar-refractivity contribution is -0.149. The fourth-order valence-corrected chi connectivity index (χ4v) is 2.47. The fraction of sp³-hybridized carbons (Fsp3) is 0.750. The SMILES string of the molecule is CN1C(=O)C(CCN)C(=O)N(CC2CCCO2)C1=O. The van der Waals surface area contributed by atoms with E-state index in [0.717, 1.165) is 22.6 Å². The summed E-state index contributed by atoms with van der Waals surface area (Å²) in [7, 11) is 1.39. The predicted molar refractivity (Wildman–Crippen MR) is 66.0 cm³/mol. The smallest absolute Gasteiger partial charge is 0.333 e. The van der Waals surface area contributed by atoms with Crippen molar-refractivity contribution < 1.29 is 19.1 Å². The molecule has 2 heterocycles. The molecule has 2 unspecified atom stereocenters. The van der Waals surface area contributed by atoms with Crippen LogP contribution >= 0.6 is 0 Å². The molecule has 0 bridgehead atoms. The first-order chi connectivity index (χ1) is 9.06. The Hall–Kier alpha value is -1.47. The van der Waals surface area contributed by atoms with E-state index in [9.17, 15) is 14.4 Å². The van der Waals surface area contributed by atoms with Crippen LogP contribution in [-0.2, 0) is 14.3 Å². The molecule has 2 fully saturated rings. The summed E-state index contributed by atoms with van der Waals surface area (Å²) in [4.78, 5) is 38.2. The number of carbonyl (C=O) groups is 3. The summed E-state index contributed by atoms with van der Waals surface area (Å²) in [5.41, 5.74) is 5.42. The van der Waals surface area contributed by atoms with Gasteiger partial charge in [0.2, 0.25) is 11.8 Å².